The van der Waals surface area contributed by atoms with Gasteiger partial charge < -0.3 is 9.84 Å². The van der Waals surface area contributed by atoms with Gasteiger partial charge in [0.05, 0.1) is 6.04 Å². The van der Waals surface area contributed by atoms with Gasteiger partial charge in [-0.15, -0.1) is 12.4 Å². The molecule has 0 saturated carbocycles. The van der Waals surface area contributed by atoms with Crippen molar-refractivity contribution >= 4 is 18.2 Å². The van der Waals surface area contributed by atoms with Crippen molar-refractivity contribution in [1.29, 1.82) is 0 Å². The van der Waals surface area contributed by atoms with Gasteiger partial charge in [0.25, 0.3) is 0 Å². The Labute approximate surface area is 137 Å². The zero-order chi connectivity index (χ0) is 15.2. The summed E-state index contributed by atoms with van der Waals surface area (Å²) in [6.07, 6.45) is 1.71. The van der Waals surface area contributed by atoms with Crippen LogP contribution < -0.4 is 4.74 Å². The monoisotopic (exact) mass is 325 g/mol. The average molecular weight is 326 g/mol. The van der Waals surface area contributed by atoms with Gasteiger partial charge in [0, 0.05) is 11.1 Å². The molecule has 0 amide bonds. The molecule has 1 saturated heterocycles. The summed E-state index contributed by atoms with van der Waals surface area (Å²) in [5.74, 6) is 0.824. The minimum atomic E-state index is -0.627. The molecule has 1 aromatic rings. The molecule has 0 unspecified atom stereocenters. The highest BCUT2D eigenvalue weighted by Gasteiger charge is 2.45. The van der Waals surface area contributed by atoms with Crippen molar-refractivity contribution in [3.05, 3.63) is 29.3 Å². The summed E-state index contributed by atoms with van der Waals surface area (Å²) < 4.78 is 5.97. The third-order valence-electron chi connectivity index (χ3n) is 4.65. The van der Waals surface area contributed by atoms with Crippen LogP contribution in [0.5, 0.6) is 5.75 Å². The van der Waals surface area contributed by atoms with E-state index in [1.807, 2.05) is 26.0 Å². The van der Waals surface area contributed by atoms with E-state index < -0.39 is 11.7 Å². The molecule has 0 aromatic heterocycles. The van der Waals surface area contributed by atoms with Gasteiger partial charge in [-0.3, -0.25) is 9.69 Å². The maximum absolute atomic E-state index is 11.7. The molecule has 2 aliphatic heterocycles. The first kappa shape index (κ1) is 17.3. The molecule has 1 fully saturated rings. The summed E-state index contributed by atoms with van der Waals surface area (Å²) in [6, 6.07) is 5.46. The normalized spacial score (nSPS) is 26.7. The van der Waals surface area contributed by atoms with Crippen molar-refractivity contribution in [3.63, 3.8) is 0 Å². The van der Waals surface area contributed by atoms with Crippen LogP contribution in [0, 0.1) is 0 Å². The van der Waals surface area contributed by atoms with Crippen LogP contribution >= 0.6 is 12.4 Å². The summed E-state index contributed by atoms with van der Waals surface area (Å²) in [5.41, 5.74) is 0.989. The molecule has 0 aliphatic carbocycles. The van der Waals surface area contributed by atoms with Crippen LogP contribution in [-0.4, -0.2) is 40.6 Å². The van der Waals surface area contributed by atoms with Gasteiger partial charge in [-0.05, 0) is 64.9 Å². The van der Waals surface area contributed by atoms with E-state index in [1.165, 1.54) is 0 Å². The summed E-state index contributed by atoms with van der Waals surface area (Å²) in [6.45, 7) is 7.38. The quantitative estimate of drug-likeness (QED) is 0.849. The number of aliphatic hydroxyl groups is 1. The zero-order valence-electron chi connectivity index (χ0n) is 13.3. The summed E-state index contributed by atoms with van der Waals surface area (Å²) in [4.78, 5) is 14.0. The maximum atomic E-state index is 11.7. The van der Waals surface area contributed by atoms with Crippen LogP contribution in [0.3, 0.4) is 0 Å². The van der Waals surface area contributed by atoms with Crippen molar-refractivity contribution in [1.82, 2.24) is 4.90 Å². The van der Waals surface area contributed by atoms with Gasteiger partial charge in [0.2, 0.25) is 0 Å². The van der Waals surface area contributed by atoms with Gasteiger partial charge in [-0.2, -0.15) is 0 Å². The summed E-state index contributed by atoms with van der Waals surface area (Å²) in [5, 5.41) is 10.8. The minimum absolute atomic E-state index is 0. The molecule has 0 radical (unpaired) electrons. The number of Topliss-reactive ketones (excluding diaryl/α,β-unsaturated/α-hetero) is 1. The van der Waals surface area contributed by atoms with Gasteiger partial charge in [-0.25, -0.2) is 0 Å². The Morgan fingerprint density at radius 3 is 2.55 bits per heavy atom. The largest absolute Gasteiger partial charge is 0.485 e. The molecule has 0 spiro atoms. The molecule has 4 nitrogen and oxygen atoms in total. The number of nitrogens with zero attached hydrogens (tertiary/aromatic N) is 1. The predicted molar refractivity (Wildman–Crippen MR) is 88.0 cm³/mol. The minimum Gasteiger partial charge on any atom is -0.485 e. The van der Waals surface area contributed by atoms with Crippen LogP contribution in [0.4, 0.5) is 0 Å². The topological polar surface area (TPSA) is 49.8 Å². The molecular weight excluding hydrogens is 302 g/mol. The van der Waals surface area contributed by atoms with Crippen LogP contribution in [0.1, 0.15) is 55.6 Å². The van der Waals surface area contributed by atoms with E-state index in [1.54, 1.807) is 13.0 Å². The Kier molecular flexibility index (Phi) is 4.85. The second kappa shape index (κ2) is 6.19. The molecule has 122 valence electrons. The van der Waals surface area contributed by atoms with E-state index >= 15 is 0 Å². The first-order valence-corrected chi connectivity index (χ1v) is 7.66. The Bertz CT molecular complexity index is 567. The fourth-order valence-electron chi connectivity index (χ4n) is 3.40. The molecule has 3 rings (SSSR count). The highest BCUT2D eigenvalue weighted by atomic mass is 35.5. The molecule has 2 atom stereocenters. The molecular formula is C17H24ClNO3. The van der Waals surface area contributed by atoms with Gasteiger partial charge in [0.15, 0.2) is 5.78 Å². The summed E-state index contributed by atoms with van der Waals surface area (Å²) >= 11 is 0. The number of carbonyl (C=O) groups excluding carboxylic acids is 1. The Morgan fingerprint density at radius 2 is 1.95 bits per heavy atom. The van der Waals surface area contributed by atoms with Crippen LogP contribution in [0.2, 0.25) is 0 Å². The predicted octanol–water partition coefficient (Wildman–Crippen LogP) is 2.98. The molecule has 2 aliphatic rings. The Balaban J connectivity index is 0.00000176. The zero-order valence-corrected chi connectivity index (χ0v) is 14.2. The number of aliphatic hydroxyl groups excluding tert-OH is 1. The molecule has 0 bridgehead atoms. The molecule has 5 heteroatoms. The smallest absolute Gasteiger partial charge is 0.159 e. The van der Waals surface area contributed by atoms with E-state index in [0.29, 0.717) is 5.56 Å². The molecule has 1 aromatic carbocycles. The number of ketones is 1. The number of carbonyl (C=O) groups is 1. The highest BCUT2D eigenvalue weighted by Crippen LogP contribution is 2.44. The lowest BCUT2D eigenvalue weighted by molar-refractivity contribution is -0.0895. The molecule has 1 N–H and O–H groups in total. The van der Waals surface area contributed by atoms with Crippen LogP contribution in [0.25, 0.3) is 0 Å². The number of ether oxygens (including phenoxy) is 1. The Hall–Kier alpha value is -1.10. The standard InChI is InChI=1S/C17H23NO3.ClH/c1-11(19)12-6-7-14-13(10-12)15(18-8-4-5-9-18)16(20)17(2,3)21-14;/h6-7,10,15-16,20H,4-5,8-9H2,1-3H3;1H/t15-,16+;/m1./s1. The SMILES string of the molecule is CC(=O)c1ccc2c(c1)[C@@H](N1CCCC1)[C@H](O)C(C)(C)O2.Cl. The number of benzene rings is 1. The lowest BCUT2D eigenvalue weighted by Gasteiger charge is -2.45. The van der Waals surface area contributed by atoms with E-state index in [0.717, 1.165) is 37.2 Å². The third kappa shape index (κ3) is 2.87. The number of rotatable bonds is 2. The van der Waals surface area contributed by atoms with Crippen LogP contribution in [0.15, 0.2) is 18.2 Å². The lowest BCUT2D eigenvalue weighted by atomic mass is 9.85. The van der Waals surface area contributed by atoms with Crippen molar-refractivity contribution in [2.75, 3.05) is 13.1 Å². The lowest BCUT2D eigenvalue weighted by Crippen LogP contribution is -2.53. The fraction of sp³-hybridized carbons (Fsp3) is 0.588. The van der Waals surface area contributed by atoms with E-state index in [2.05, 4.69) is 4.90 Å². The van der Waals surface area contributed by atoms with Gasteiger partial charge in [-0.1, -0.05) is 0 Å². The van der Waals surface area contributed by atoms with Gasteiger partial charge >= 0.3 is 0 Å². The second-order valence-corrected chi connectivity index (χ2v) is 6.65. The second-order valence-electron chi connectivity index (χ2n) is 6.65. The molecule has 22 heavy (non-hydrogen) atoms. The number of hydrogen-bond acceptors (Lipinski definition) is 4. The Morgan fingerprint density at radius 1 is 1.32 bits per heavy atom. The van der Waals surface area contributed by atoms with Crippen molar-refractivity contribution < 1.29 is 14.6 Å². The first-order valence-electron chi connectivity index (χ1n) is 7.66. The number of hydrogen-bond donors (Lipinski definition) is 1. The molecule has 2 heterocycles. The van der Waals surface area contributed by atoms with Crippen molar-refractivity contribution in [3.8, 4) is 5.75 Å². The van der Waals surface area contributed by atoms with Gasteiger partial charge in [0.1, 0.15) is 17.5 Å². The van der Waals surface area contributed by atoms with Crippen molar-refractivity contribution in [2.45, 2.75) is 51.4 Å². The van der Waals surface area contributed by atoms with Crippen LogP contribution in [-0.2, 0) is 0 Å². The highest BCUT2D eigenvalue weighted by molar-refractivity contribution is 5.94. The van der Waals surface area contributed by atoms with E-state index in [-0.39, 0.29) is 24.2 Å². The van der Waals surface area contributed by atoms with E-state index in [9.17, 15) is 9.90 Å². The summed E-state index contributed by atoms with van der Waals surface area (Å²) in [7, 11) is 0. The van der Waals surface area contributed by atoms with Crippen molar-refractivity contribution in [2.24, 2.45) is 0 Å². The number of likely N-dealkylation sites (tertiary alicyclic amines) is 1. The average Bonchev–Trinajstić information content (AvgIpc) is 2.93. The third-order valence-corrected chi connectivity index (χ3v) is 4.65. The maximum Gasteiger partial charge on any atom is 0.159 e. The fourth-order valence-corrected chi connectivity index (χ4v) is 3.40. The number of halogens is 1. The van der Waals surface area contributed by atoms with E-state index in [4.69, 9.17) is 4.74 Å². The number of fused-ring (bicyclic) bond motifs is 1. The first-order chi connectivity index (χ1) is 9.90.